The molecule has 1 aromatic carbocycles. The number of nitrogens with one attached hydrogen (secondary N) is 2. The predicted octanol–water partition coefficient (Wildman–Crippen LogP) is 3.14. The van der Waals surface area contributed by atoms with Gasteiger partial charge < -0.3 is 15.4 Å². The van der Waals surface area contributed by atoms with Gasteiger partial charge in [-0.05, 0) is 31.5 Å². The molecule has 5 heteroatoms. The molecule has 2 rings (SSSR count). The van der Waals surface area contributed by atoms with Gasteiger partial charge in [0.2, 0.25) is 5.91 Å². The molecular formula is C14H19ClN2O2. The normalized spacial score (nSPS) is 20.1. The van der Waals surface area contributed by atoms with E-state index in [-0.39, 0.29) is 5.91 Å². The molecule has 19 heavy (non-hydrogen) atoms. The van der Waals surface area contributed by atoms with Crippen molar-refractivity contribution in [3.05, 3.63) is 23.2 Å². The van der Waals surface area contributed by atoms with Gasteiger partial charge in [-0.2, -0.15) is 0 Å². The topological polar surface area (TPSA) is 50.4 Å². The lowest BCUT2D eigenvalue weighted by Crippen LogP contribution is -2.26. The van der Waals surface area contributed by atoms with Gasteiger partial charge in [0.1, 0.15) is 0 Å². The second-order valence-electron chi connectivity index (χ2n) is 4.93. The first kappa shape index (κ1) is 14.2. The summed E-state index contributed by atoms with van der Waals surface area (Å²) in [6, 6.07) is 5.90. The van der Waals surface area contributed by atoms with Gasteiger partial charge in [0.15, 0.2) is 0 Å². The van der Waals surface area contributed by atoms with Crippen LogP contribution in [-0.2, 0) is 9.53 Å². The molecule has 1 saturated heterocycles. The van der Waals surface area contributed by atoms with Gasteiger partial charge in [-0.25, -0.2) is 0 Å². The first-order valence-electron chi connectivity index (χ1n) is 6.47. The lowest BCUT2D eigenvalue weighted by atomic mass is 10.0. The molecule has 0 spiro atoms. The van der Waals surface area contributed by atoms with Crippen LogP contribution in [0.2, 0.25) is 5.02 Å². The molecule has 1 fully saturated rings. The molecule has 1 aliphatic rings. The summed E-state index contributed by atoms with van der Waals surface area (Å²) in [4.78, 5) is 11.0. The third kappa shape index (κ3) is 3.85. The Morgan fingerprint density at radius 2 is 2.32 bits per heavy atom. The Morgan fingerprint density at radius 3 is 2.89 bits per heavy atom. The Balaban J connectivity index is 2.00. The van der Waals surface area contributed by atoms with Crippen LogP contribution in [0, 0.1) is 5.92 Å². The standard InChI is InChI=1S/C14H19ClN2O2/c1-9(11-5-6-19-8-11)16-12-3-4-14(13(15)7-12)17-10(2)18/h3-4,7,9,11,16H,5-6,8H2,1-2H3,(H,17,18). The number of rotatable bonds is 4. The van der Waals surface area contributed by atoms with E-state index in [1.807, 2.05) is 18.2 Å². The molecule has 2 N–H and O–H groups in total. The van der Waals surface area contributed by atoms with Crippen molar-refractivity contribution in [2.45, 2.75) is 26.3 Å². The highest BCUT2D eigenvalue weighted by atomic mass is 35.5. The number of ether oxygens (including phenoxy) is 1. The van der Waals surface area contributed by atoms with Crippen molar-refractivity contribution in [3.8, 4) is 0 Å². The molecule has 4 nitrogen and oxygen atoms in total. The quantitative estimate of drug-likeness (QED) is 0.892. The predicted molar refractivity (Wildman–Crippen MR) is 77.8 cm³/mol. The van der Waals surface area contributed by atoms with E-state index in [2.05, 4.69) is 17.6 Å². The molecule has 0 aromatic heterocycles. The number of anilines is 2. The zero-order valence-electron chi connectivity index (χ0n) is 11.2. The molecular weight excluding hydrogens is 264 g/mol. The number of amides is 1. The first-order chi connectivity index (χ1) is 9.06. The van der Waals surface area contributed by atoms with Crippen molar-refractivity contribution in [3.63, 3.8) is 0 Å². The molecule has 2 atom stereocenters. The third-order valence-corrected chi connectivity index (χ3v) is 3.66. The van der Waals surface area contributed by atoms with Crippen molar-refractivity contribution in [2.75, 3.05) is 23.8 Å². The molecule has 1 aliphatic heterocycles. The summed E-state index contributed by atoms with van der Waals surface area (Å²) in [5, 5.41) is 6.66. The van der Waals surface area contributed by atoms with Crippen molar-refractivity contribution in [1.29, 1.82) is 0 Å². The van der Waals surface area contributed by atoms with Crippen LogP contribution in [0.15, 0.2) is 18.2 Å². The van der Waals surface area contributed by atoms with Crippen molar-refractivity contribution >= 4 is 28.9 Å². The average molecular weight is 283 g/mol. The lowest BCUT2D eigenvalue weighted by Gasteiger charge is -2.21. The molecule has 0 radical (unpaired) electrons. The minimum Gasteiger partial charge on any atom is -0.382 e. The van der Waals surface area contributed by atoms with Crippen LogP contribution in [0.3, 0.4) is 0 Å². The molecule has 1 heterocycles. The maximum atomic E-state index is 11.0. The fourth-order valence-electron chi connectivity index (χ4n) is 2.22. The van der Waals surface area contributed by atoms with Gasteiger partial charge in [-0.3, -0.25) is 4.79 Å². The van der Waals surface area contributed by atoms with E-state index >= 15 is 0 Å². The monoisotopic (exact) mass is 282 g/mol. The van der Waals surface area contributed by atoms with Gasteiger partial charge >= 0.3 is 0 Å². The van der Waals surface area contributed by atoms with Gasteiger partial charge in [-0.15, -0.1) is 0 Å². The Kier molecular flexibility index (Phi) is 4.66. The average Bonchev–Trinajstić information content (AvgIpc) is 2.86. The zero-order chi connectivity index (χ0) is 13.8. The molecule has 0 bridgehead atoms. The summed E-state index contributed by atoms with van der Waals surface area (Å²) in [6.07, 6.45) is 1.09. The number of hydrogen-bond acceptors (Lipinski definition) is 3. The van der Waals surface area contributed by atoms with Crippen LogP contribution >= 0.6 is 11.6 Å². The van der Waals surface area contributed by atoms with Gasteiger partial charge in [0.05, 0.1) is 17.3 Å². The van der Waals surface area contributed by atoms with Crippen molar-refractivity contribution < 1.29 is 9.53 Å². The molecule has 2 unspecified atom stereocenters. The van der Waals surface area contributed by atoms with Crippen LogP contribution in [-0.4, -0.2) is 25.2 Å². The van der Waals surface area contributed by atoms with E-state index < -0.39 is 0 Å². The Labute approximate surface area is 118 Å². The number of benzene rings is 1. The smallest absolute Gasteiger partial charge is 0.221 e. The fraction of sp³-hybridized carbons (Fsp3) is 0.500. The summed E-state index contributed by atoms with van der Waals surface area (Å²) in [6.45, 7) is 5.27. The van der Waals surface area contributed by atoms with Gasteiger partial charge in [0.25, 0.3) is 0 Å². The number of hydrogen-bond donors (Lipinski definition) is 2. The summed E-state index contributed by atoms with van der Waals surface area (Å²) in [7, 11) is 0. The highest BCUT2D eigenvalue weighted by Crippen LogP contribution is 2.27. The number of carbonyl (C=O) groups is 1. The summed E-state index contributed by atoms with van der Waals surface area (Å²) < 4.78 is 5.39. The molecule has 0 aliphatic carbocycles. The zero-order valence-corrected chi connectivity index (χ0v) is 12.0. The maximum absolute atomic E-state index is 11.0. The van der Waals surface area contributed by atoms with E-state index in [1.54, 1.807) is 0 Å². The van der Waals surface area contributed by atoms with Crippen LogP contribution in [0.25, 0.3) is 0 Å². The Hall–Kier alpha value is -1.26. The van der Waals surface area contributed by atoms with Crippen LogP contribution in [0.4, 0.5) is 11.4 Å². The van der Waals surface area contributed by atoms with Crippen LogP contribution in [0.5, 0.6) is 0 Å². The number of halogens is 1. The second kappa shape index (κ2) is 6.26. The maximum Gasteiger partial charge on any atom is 0.221 e. The third-order valence-electron chi connectivity index (χ3n) is 3.35. The summed E-state index contributed by atoms with van der Waals surface area (Å²) in [5.41, 5.74) is 1.59. The summed E-state index contributed by atoms with van der Waals surface area (Å²) >= 11 is 6.14. The second-order valence-corrected chi connectivity index (χ2v) is 5.34. The number of carbonyl (C=O) groups excluding carboxylic acids is 1. The molecule has 0 saturated carbocycles. The fourth-order valence-corrected chi connectivity index (χ4v) is 2.45. The van der Waals surface area contributed by atoms with E-state index in [9.17, 15) is 4.79 Å². The highest BCUT2D eigenvalue weighted by Gasteiger charge is 2.22. The van der Waals surface area contributed by atoms with Crippen molar-refractivity contribution in [2.24, 2.45) is 5.92 Å². The SMILES string of the molecule is CC(=O)Nc1ccc(NC(C)C2CCOC2)cc1Cl. The minimum atomic E-state index is -0.126. The first-order valence-corrected chi connectivity index (χ1v) is 6.85. The molecule has 1 amide bonds. The molecule has 104 valence electrons. The van der Waals surface area contributed by atoms with Gasteiger partial charge in [-0.1, -0.05) is 11.6 Å². The van der Waals surface area contributed by atoms with E-state index in [0.717, 1.165) is 25.3 Å². The van der Waals surface area contributed by atoms with Crippen LogP contribution < -0.4 is 10.6 Å². The van der Waals surface area contributed by atoms with Crippen molar-refractivity contribution in [1.82, 2.24) is 0 Å². The Morgan fingerprint density at radius 1 is 1.53 bits per heavy atom. The largest absolute Gasteiger partial charge is 0.382 e. The van der Waals surface area contributed by atoms with Gasteiger partial charge in [0, 0.05) is 31.2 Å². The van der Waals surface area contributed by atoms with E-state index in [0.29, 0.717) is 22.7 Å². The minimum absolute atomic E-state index is 0.126. The van der Waals surface area contributed by atoms with E-state index in [1.165, 1.54) is 6.92 Å². The molecule has 1 aromatic rings. The summed E-state index contributed by atoms with van der Waals surface area (Å²) in [5.74, 6) is 0.410. The Bertz CT molecular complexity index is 459. The van der Waals surface area contributed by atoms with Crippen LogP contribution in [0.1, 0.15) is 20.3 Å². The van der Waals surface area contributed by atoms with E-state index in [4.69, 9.17) is 16.3 Å². The lowest BCUT2D eigenvalue weighted by molar-refractivity contribution is -0.114. The highest BCUT2D eigenvalue weighted by molar-refractivity contribution is 6.34.